The lowest BCUT2D eigenvalue weighted by Gasteiger charge is -2.34. The van der Waals surface area contributed by atoms with Crippen LogP contribution in [-0.2, 0) is 26.2 Å². The van der Waals surface area contributed by atoms with E-state index in [4.69, 9.17) is 0 Å². The molecule has 0 aliphatic heterocycles. The minimum atomic E-state index is -4.09. The molecule has 0 spiro atoms. The van der Waals surface area contributed by atoms with Gasteiger partial charge in [-0.2, -0.15) is 0 Å². The Hall–Kier alpha value is -3.65. The van der Waals surface area contributed by atoms with Gasteiger partial charge >= 0.3 is 0 Å². The monoisotopic (exact) mass is 563 g/mol. The normalized spacial score (nSPS) is 12.8. The summed E-state index contributed by atoms with van der Waals surface area (Å²) >= 11 is 0. The molecule has 2 amide bonds. The summed E-state index contributed by atoms with van der Waals surface area (Å²) in [5, 5.41) is 3.01. The third kappa shape index (κ3) is 7.50. The lowest BCUT2D eigenvalue weighted by molar-refractivity contribution is -0.140. The lowest BCUT2D eigenvalue weighted by Crippen LogP contribution is -2.53. The molecule has 0 radical (unpaired) electrons. The molecule has 0 heterocycles. The van der Waals surface area contributed by atoms with E-state index in [1.54, 1.807) is 24.3 Å². The molecule has 2 atom stereocenters. The van der Waals surface area contributed by atoms with Gasteiger partial charge in [0.05, 0.1) is 10.6 Å². The molecule has 1 N–H and O–H groups in total. The third-order valence-corrected chi connectivity index (χ3v) is 8.84. The lowest BCUT2D eigenvalue weighted by atomic mass is 10.1. The van der Waals surface area contributed by atoms with E-state index in [1.807, 2.05) is 77.9 Å². The summed E-state index contributed by atoms with van der Waals surface area (Å²) in [7, 11) is -4.09. The zero-order chi connectivity index (χ0) is 29.4. The highest BCUT2D eigenvalue weighted by Crippen LogP contribution is 2.28. The van der Waals surface area contributed by atoms with Gasteiger partial charge in [-0.15, -0.1) is 0 Å². The quantitative estimate of drug-likeness (QED) is 0.314. The Morgan fingerprint density at radius 2 is 1.52 bits per heavy atom. The predicted molar refractivity (Wildman–Crippen MR) is 161 cm³/mol. The number of sulfonamides is 1. The highest BCUT2D eigenvalue weighted by Gasteiger charge is 2.34. The zero-order valence-corrected chi connectivity index (χ0v) is 25.2. The highest BCUT2D eigenvalue weighted by atomic mass is 32.2. The van der Waals surface area contributed by atoms with E-state index >= 15 is 0 Å². The molecule has 0 saturated carbocycles. The molecule has 8 heteroatoms. The molecule has 0 fully saturated rings. The summed E-state index contributed by atoms with van der Waals surface area (Å²) in [5.74, 6) is -0.699. The number of rotatable bonds is 12. The van der Waals surface area contributed by atoms with E-state index in [2.05, 4.69) is 5.32 Å². The van der Waals surface area contributed by atoms with Gasteiger partial charge in [-0.3, -0.25) is 13.9 Å². The van der Waals surface area contributed by atoms with E-state index in [1.165, 1.54) is 21.3 Å². The number of hydrogen-bond donors (Lipinski definition) is 1. The Labute approximate surface area is 239 Å². The molecule has 0 aromatic heterocycles. The first kappa shape index (κ1) is 30.9. The first-order valence-electron chi connectivity index (χ1n) is 13.8. The van der Waals surface area contributed by atoms with Gasteiger partial charge < -0.3 is 10.2 Å². The second-order valence-corrected chi connectivity index (χ2v) is 12.2. The van der Waals surface area contributed by atoms with Crippen LogP contribution in [0.4, 0.5) is 5.69 Å². The summed E-state index contributed by atoms with van der Waals surface area (Å²) in [5.41, 5.74) is 3.94. The highest BCUT2D eigenvalue weighted by molar-refractivity contribution is 7.92. The fraction of sp³-hybridized carbons (Fsp3) is 0.375. The van der Waals surface area contributed by atoms with Crippen molar-refractivity contribution in [1.82, 2.24) is 10.2 Å². The fourth-order valence-electron chi connectivity index (χ4n) is 4.59. The first-order chi connectivity index (χ1) is 19.0. The number of amides is 2. The number of benzene rings is 3. The predicted octanol–water partition coefficient (Wildman–Crippen LogP) is 5.53. The number of carbonyl (C=O) groups excluding carboxylic acids is 2. The minimum Gasteiger partial charge on any atom is -0.352 e. The van der Waals surface area contributed by atoms with Crippen LogP contribution >= 0.6 is 0 Å². The Kier molecular flexibility index (Phi) is 10.5. The smallest absolute Gasteiger partial charge is 0.264 e. The van der Waals surface area contributed by atoms with E-state index in [9.17, 15) is 18.0 Å². The Bertz CT molecular complexity index is 1420. The number of hydrogen-bond acceptors (Lipinski definition) is 4. The summed E-state index contributed by atoms with van der Waals surface area (Å²) < 4.78 is 29.2. The van der Waals surface area contributed by atoms with Gasteiger partial charge in [-0.1, -0.05) is 74.0 Å². The second-order valence-electron chi connectivity index (χ2n) is 10.4. The van der Waals surface area contributed by atoms with Crippen molar-refractivity contribution >= 4 is 27.5 Å². The van der Waals surface area contributed by atoms with E-state index in [0.29, 0.717) is 12.1 Å². The maximum absolute atomic E-state index is 14.2. The number of aryl methyl sites for hydroxylation is 3. The maximum Gasteiger partial charge on any atom is 0.264 e. The summed E-state index contributed by atoms with van der Waals surface area (Å²) in [4.78, 5) is 29.2. The molecule has 0 saturated heterocycles. The van der Waals surface area contributed by atoms with Crippen LogP contribution in [0, 0.1) is 20.8 Å². The van der Waals surface area contributed by atoms with Gasteiger partial charge in [-0.05, 0) is 75.4 Å². The summed E-state index contributed by atoms with van der Waals surface area (Å²) in [6.07, 6.45) is 1.14. The van der Waals surface area contributed by atoms with Crippen LogP contribution in [0.1, 0.15) is 55.9 Å². The van der Waals surface area contributed by atoms with Crippen molar-refractivity contribution in [3.05, 3.63) is 95.1 Å². The zero-order valence-electron chi connectivity index (χ0n) is 24.3. The molecular formula is C32H41N3O4S. The standard InChI is InChI=1S/C32H41N3O4S/c1-7-26(6)33-32(37)29(8-2)34(21-27-14-12-13-23(3)19-27)31(36)22-35(30-20-24(4)17-18-25(30)5)40(38,39)28-15-10-9-11-16-28/h9-20,26,29H,7-8,21-22H2,1-6H3,(H,33,37)/t26-,29-/m1/s1. The Balaban J connectivity index is 2.09. The molecule has 0 aliphatic rings. The maximum atomic E-state index is 14.2. The summed E-state index contributed by atoms with van der Waals surface area (Å²) in [6.45, 7) is 11.2. The molecule has 0 aliphatic carbocycles. The van der Waals surface area contributed by atoms with E-state index in [0.717, 1.165) is 28.7 Å². The van der Waals surface area contributed by atoms with Crippen molar-refractivity contribution in [2.24, 2.45) is 0 Å². The molecule has 0 unspecified atom stereocenters. The topological polar surface area (TPSA) is 86.8 Å². The number of nitrogens with zero attached hydrogens (tertiary/aromatic N) is 2. The molecule has 3 aromatic rings. The molecule has 3 rings (SSSR count). The van der Waals surface area contributed by atoms with Crippen molar-refractivity contribution in [2.75, 3.05) is 10.8 Å². The van der Waals surface area contributed by atoms with Gasteiger partial charge in [0.25, 0.3) is 10.0 Å². The Morgan fingerprint density at radius 3 is 2.15 bits per heavy atom. The Morgan fingerprint density at radius 1 is 0.850 bits per heavy atom. The minimum absolute atomic E-state index is 0.0534. The van der Waals surface area contributed by atoms with Gasteiger partial charge in [0.15, 0.2) is 0 Å². The van der Waals surface area contributed by atoms with Crippen molar-refractivity contribution < 1.29 is 18.0 Å². The SMILES string of the molecule is CC[C@@H](C)NC(=O)[C@@H](CC)N(Cc1cccc(C)c1)C(=O)CN(c1cc(C)ccc1C)S(=O)(=O)c1ccccc1. The van der Waals surface area contributed by atoms with Gasteiger partial charge in [0.2, 0.25) is 11.8 Å². The van der Waals surface area contributed by atoms with Crippen LogP contribution in [-0.4, -0.2) is 43.8 Å². The van der Waals surface area contributed by atoms with Gasteiger partial charge in [-0.25, -0.2) is 8.42 Å². The van der Waals surface area contributed by atoms with Crippen LogP contribution in [0.5, 0.6) is 0 Å². The number of carbonyl (C=O) groups is 2. The third-order valence-electron chi connectivity index (χ3n) is 7.07. The molecule has 7 nitrogen and oxygen atoms in total. The van der Waals surface area contributed by atoms with Crippen LogP contribution in [0.2, 0.25) is 0 Å². The largest absolute Gasteiger partial charge is 0.352 e. The van der Waals surface area contributed by atoms with Gasteiger partial charge in [0, 0.05) is 12.6 Å². The number of anilines is 1. The van der Waals surface area contributed by atoms with Crippen LogP contribution in [0.15, 0.2) is 77.7 Å². The molecule has 40 heavy (non-hydrogen) atoms. The van der Waals surface area contributed by atoms with E-state index in [-0.39, 0.29) is 23.4 Å². The van der Waals surface area contributed by atoms with E-state index < -0.39 is 28.5 Å². The molecular weight excluding hydrogens is 522 g/mol. The molecule has 3 aromatic carbocycles. The first-order valence-corrected chi connectivity index (χ1v) is 15.2. The number of nitrogens with one attached hydrogen (secondary N) is 1. The van der Waals surface area contributed by atoms with Gasteiger partial charge in [0.1, 0.15) is 12.6 Å². The van der Waals surface area contributed by atoms with Crippen LogP contribution in [0.25, 0.3) is 0 Å². The average Bonchev–Trinajstić information content (AvgIpc) is 2.93. The molecule has 214 valence electrons. The summed E-state index contributed by atoms with van der Waals surface area (Å²) in [6, 6.07) is 20.6. The van der Waals surface area contributed by atoms with Crippen molar-refractivity contribution in [2.45, 2.75) is 77.9 Å². The van der Waals surface area contributed by atoms with Crippen molar-refractivity contribution in [3.63, 3.8) is 0 Å². The second kappa shape index (κ2) is 13.6. The van der Waals surface area contributed by atoms with Crippen molar-refractivity contribution in [1.29, 1.82) is 0 Å². The van der Waals surface area contributed by atoms with Crippen LogP contribution in [0.3, 0.4) is 0 Å². The fourth-order valence-corrected chi connectivity index (χ4v) is 6.08. The average molecular weight is 564 g/mol. The van der Waals surface area contributed by atoms with Crippen molar-refractivity contribution in [3.8, 4) is 0 Å². The molecule has 0 bridgehead atoms. The van der Waals surface area contributed by atoms with Crippen LogP contribution < -0.4 is 9.62 Å².